The maximum atomic E-state index is 10.9. The second-order valence-electron chi connectivity index (χ2n) is 2.13. The van der Waals surface area contributed by atoms with E-state index in [0.29, 0.717) is 0 Å². The van der Waals surface area contributed by atoms with E-state index < -0.39 is 0 Å². The Bertz CT molecular complexity index is 270. The van der Waals surface area contributed by atoms with E-state index in [9.17, 15) is 9.59 Å². The fraction of sp³-hybridized carbons (Fsp3) is 0.143. The van der Waals surface area contributed by atoms with Crippen LogP contribution in [0.1, 0.15) is 0 Å². The van der Waals surface area contributed by atoms with Crippen LogP contribution in [0.4, 0.5) is 0 Å². The van der Waals surface area contributed by atoms with Crippen molar-refractivity contribution in [2.45, 2.75) is 0 Å². The first-order valence-electron chi connectivity index (χ1n) is 3.05. The van der Waals surface area contributed by atoms with Gasteiger partial charge in [-0.15, -0.1) is 0 Å². The van der Waals surface area contributed by atoms with Gasteiger partial charge < -0.3 is 9.47 Å². The van der Waals surface area contributed by atoms with Crippen LogP contribution in [0.5, 0.6) is 0 Å². The number of hydrogen-bond donors (Lipinski definition) is 0. The fourth-order valence-electron chi connectivity index (χ4n) is 0.947. The Morgan fingerprint density at radius 2 is 1.45 bits per heavy atom. The lowest BCUT2D eigenvalue weighted by Gasteiger charge is -2.00. The van der Waals surface area contributed by atoms with Crippen molar-refractivity contribution in [1.29, 1.82) is 0 Å². The molecule has 0 spiro atoms. The Balaban J connectivity index is 2.47. The summed E-state index contributed by atoms with van der Waals surface area (Å²) in [4.78, 5) is 21.8. The van der Waals surface area contributed by atoms with Gasteiger partial charge >= 0.3 is 0 Å². The Kier molecular flexibility index (Phi) is 1.09. The van der Waals surface area contributed by atoms with E-state index in [1.807, 2.05) is 0 Å². The van der Waals surface area contributed by atoms with Crippen LogP contribution < -0.4 is 0 Å². The van der Waals surface area contributed by atoms with Gasteiger partial charge in [0.25, 0.3) is 0 Å². The molecule has 0 bridgehead atoms. The molecule has 2 aliphatic rings. The third-order valence-corrected chi connectivity index (χ3v) is 1.45. The molecule has 4 nitrogen and oxygen atoms in total. The highest BCUT2D eigenvalue weighted by molar-refractivity contribution is 6.18. The predicted octanol–water partition coefficient (Wildman–Crippen LogP) is -0.0897. The van der Waals surface area contributed by atoms with Crippen molar-refractivity contribution < 1.29 is 19.1 Å². The first-order chi connectivity index (χ1) is 5.29. The van der Waals surface area contributed by atoms with Crippen LogP contribution in [0.3, 0.4) is 0 Å². The molecule has 1 aliphatic heterocycles. The number of rotatable bonds is 0. The highest BCUT2D eigenvalue weighted by Gasteiger charge is 2.30. The summed E-state index contributed by atoms with van der Waals surface area (Å²) in [6.07, 6.45) is 2.35. The first kappa shape index (κ1) is 6.15. The molecular weight excluding hydrogens is 148 g/mol. The summed E-state index contributed by atoms with van der Waals surface area (Å²) in [5, 5.41) is 0. The number of allylic oxidation sites excluding steroid dienone is 2. The lowest BCUT2D eigenvalue weighted by atomic mass is 10.1. The largest absolute Gasteiger partial charge is 0.449 e. The zero-order valence-corrected chi connectivity index (χ0v) is 5.49. The van der Waals surface area contributed by atoms with Crippen LogP contribution in [0.2, 0.25) is 0 Å². The summed E-state index contributed by atoms with van der Waals surface area (Å²) >= 11 is 0. The van der Waals surface area contributed by atoms with E-state index in [4.69, 9.17) is 9.47 Å². The van der Waals surface area contributed by atoms with Crippen molar-refractivity contribution in [2.75, 3.05) is 6.79 Å². The van der Waals surface area contributed by atoms with Crippen molar-refractivity contribution in [3.05, 3.63) is 23.7 Å². The average Bonchev–Trinajstić information content (AvgIpc) is 2.45. The predicted molar refractivity (Wildman–Crippen MR) is 33.2 cm³/mol. The average molecular weight is 152 g/mol. The van der Waals surface area contributed by atoms with Crippen molar-refractivity contribution in [3.63, 3.8) is 0 Å². The molecule has 0 saturated heterocycles. The summed E-state index contributed by atoms with van der Waals surface area (Å²) in [7, 11) is 0. The van der Waals surface area contributed by atoms with Gasteiger partial charge in [-0.1, -0.05) is 0 Å². The molecule has 0 aromatic carbocycles. The maximum Gasteiger partial charge on any atom is 0.231 e. The molecule has 1 heterocycles. The van der Waals surface area contributed by atoms with Gasteiger partial charge in [0.15, 0.2) is 0 Å². The number of carbonyl (C=O) groups excluding carboxylic acids is 2. The van der Waals surface area contributed by atoms with E-state index in [0.717, 1.165) is 0 Å². The molecule has 0 amide bonds. The second kappa shape index (κ2) is 1.95. The van der Waals surface area contributed by atoms with E-state index in [1.165, 1.54) is 12.2 Å². The molecule has 11 heavy (non-hydrogen) atoms. The third kappa shape index (κ3) is 0.756. The minimum Gasteiger partial charge on any atom is -0.449 e. The molecule has 4 heteroatoms. The van der Waals surface area contributed by atoms with Crippen LogP contribution in [0, 0.1) is 0 Å². The van der Waals surface area contributed by atoms with E-state index in [2.05, 4.69) is 0 Å². The van der Waals surface area contributed by atoms with Crippen LogP contribution >= 0.6 is 0 Å². The van der Waals surface area contributed by atoms with Gasteiger partial charge in [0.2, 0.25) is 29.9 Å². The van der Waals surface area contributed by atoms with E-state index in [1.54, 1.807) is 0 Å². The highest BCUT2D eigenvalue weighted by Crippen LogP contribution is 2.21. The molecule has 0 N–H and O–H groups in total. The third-order valence-electron chi connectivity index (χ3n) is 1.45. The minimum absolute atomic E-state index is 0.0379. The lowest BCUT2D eigenvalue weighted by molar-refractivity contribution is -0.117. The van der Waals surface area contributed by atoms with Crippen molar-refractivity contribution in [3.8, 4) is 0 Å². The maximum absolute atomic E-state index is 10.9. The first-order valence-corrected chi connectivity index (χ1v) is 3.05. The molecule has 0 unspecified atom stereocenters. The summed E-state index contributed by atoms with van der Waals surface area (Å²) in [5.74, 6) is -0.538. The smallest absolute Gasteiger partial charge is 0.231 e. The number of ketones is 2. The standard InChI is InChI=1S/C7H4O4/c8-4-1-2-5(9)7-6(4)10-3-11-7/h1-2H,3H2. The van der Waals surface area contributed by atoms with Crippen LogP contribution in [0.25, 0.3) is 0 Å². The van der Waals surface area contributed by atoms with Gasteiger partial charge in [-0.2, -0.15) is 0 Å². The summed E-state index contributed by atoms with van der Waals surface area (Å²) in [6, 6.07) is 0. The van der Waals surface area contributed by atoms with Crippen LogP contribution in [-0.4, -0.2) is 18.4 Å². The van der Waals surface area contributed by atoms with E-state index >= 15 is 0 Å². The zero-order valence-electron chi connectivity index (χ0n) is 5.49. The molecule has 1 aliphatic carbocycles. The quantitative estimate of drug-likeness (QED) is 0.455. The summed E-state index contributed by atoms with van der Waals surface area (Å²) in [5.41, 5.74) is 0. The molecule has 56 valence electrons. The van der Waals surface area contributed by atoms with Gasteiger partial charge in [-0.05, 0) is 12.2 Å². The Hall–Kier alpha value is -1.58. The van der Waals surface area contributed by atoms with Crippen LogP contribution in [-0.2, 0) is 19.1 Å². The van der Waals surface area contributed by atoms with Crippen molar-refractivity contribution in [1.82, 2.24) is 0 Å². The minimum atomic E-state index is -0.308. The molecule has 0 fully saturated rings. The van der Waals surface area contributed by atoms with Crippen molar-refractivity contribution in [2.24, 2.45) is 0 Å². The molecule has 0 saturated carbocycles. The van der Waals surface area contributed by atoms with Gasteiger partial charge in [0, 0.05) is 0 Å². The Morgan fingerprint density at radius 1 is 1.00 bits per heavy atom. The number of carbonyl (C=O) groups is 2. The topological polar surface area (TPSA) is 52.6 Å². The number of ether oxygens (including phenoxy) is 2. The molecule has 0 aromatic rings. The Morgan fingerprint density at radius 3 is 1.91 bits per heavy atom. The lowest BCUT2D eigenvalue weighted by Crippen LogP contribution is -2.11. The second-order valence-corrected chi connectivity index (χ2v) is 2.13. The van der Waals surface area contributed by atoms with Crippen molar-refractivity contribution >= 4 is 11.6 Å². The fourth-order valence-corrected chi connectivity index (χ4v) is 0.947. The normalized spacial score (nSPS) is 21.5. The molecule has 0 aromatic heterocycles. The highest BCUT2D eigenvalue weighted by atomic mass is 16.7. The summed E-state index contributed by atoms with van der Waals surface area (Å²) in [6.45, 7) is -0.0379. The van der Waals surface area contributed by atoms with Gasteiger partial charge in [-0.25, -0.2) is 0 Å². The zero-order chi connectivity index (χ0) is 7.84. The SMILES string of the molecule is O=C1C=CC(=O)C2=C1OCO2. The van der Waals surface area contributed by atoms with Crippen LogP contribution in [0.15, 0.2) is 23.7 Å². The van der Waals surface area contributed by atoms with Gasteiger partial charge in [0.1, 0.15) is 0 Å². The molecule has 0 atom stereocenters. The van der Waals surface area contributed by atoms with Gasteiger partial charge in [-0.3, -0.25) is 9.59 Å². The molecule has 0 radical (unpaired) electrons. The van der Waals surface area contributed by atoms with Gasteiger partial charge in [0.05, 0.1) is 0 Å². The molecular formula is C7H4O4. The number of hydrogen-bond acceptors (Lipinski definition) is 4. The van der Waals surface area contributed by atoms with E-state index in [-0.39, 0.29) is 29.9 Å². The summed E-state index contributed by atoms with van der Waals surface area (Å²) < 4.78 is 9.55. The Labute approximate surface area is 62.1 Å². The monoisotopic (exact) mass is 152 g/mol. The molecule has 2 rings (SSSR count).